The van der Waals surface area contributed by atoms with Crippen LogP contribution in [0.5, 0.6) is 0 Å². The molecular formula is C19H27N3O4S. The molecule has 0 bridgehead atoms. The molecule has 0 atom stereocenters. The molecule has 1 aliphatic heterocycles. The van der Waals surface area contributed by atoms with Crippen molar-refractivity contribution >= 4 is 29.1 Å². The summed E-state index contributed by atoms with van der Waals surface area (Å²) in [6.45, 7) is 2.54. The van der Waals surface area contributed by atoms with Crippen LogP contribution in [-0.2, 0) is 27.2 Å². The van der Waals surface area contributed by atoms with Crippen molar-refractivity contribution in [1.82, 2.24) is 14.7 Å². The molecule has 0 spiro atoms. The monoisotopic (exact) mass is 393 g/mol. The molecule has 7 nitrogen and oxygen atoms in total. The molecule has 3 rings (SSSR count). The van der Waals surface area contributed by atoms with E-state index in [-0.39, 0.29) is 18.4 Å². The lowest BCUT2D eigenvalue weighted by atomic mass is 9.96. The van der Waals surface area contributed by atoms with Gasteiger partial charge in [0.25, 0.3) is 5.91 Å². The SMILES string of the molecule is CN(C)C(=O)CN1CCN(C(=O)COC(=O)c2csc3c2CCCC3)CC1. The molecule has 27 heavy (non-hydrogen) atoms. The van der Waals surface area contributed by atoms with Gasteiger partial charge in [0.05, 0.1) is 12.1 Å². The molecule has 1 fully saturated rings. The maximum absolute atomic E-state index is 12.4. The van der Waals surface area contributed by atoms with E-state index in [4.69, 9.17) is 4.74 Å². The summed E-state index contributed by atoms with van der Waals surface area (Å²) < 4.78 is 5.29. The second-order valence-electron chi connectivity index (χ2n) is 7.28. The molecular weight excluding hydrogens is 366 g/mol. The van der Waals surface area contributed by atoms with Gasteiger partial charge >= 0.3 is 5.97 Å². The third-order valence-electron chi connectivity index (χ3n) is 5.19. The zero-order valence-corrected chi connectivity index (χ0v) is 16.8. The molecule has 0 aromatic carbocycles. The van der Waals surface area contributed by atoms with Crippen molar-refractivity contribution in [1.29, 1.82) is 0 Å². The van der Waals surface area contributed by atoms with Crippen LogP contribution in [-0.4, -0.2) is 85.9 Å². The Balaban J connectivity index is 1.44. The smallest absolute Gasteiger partial charge is 0.339 e. The number of likely N-dealkylation sites (N-methyl/N-ethyl adjacent to an activating group) is 1. The van der Waals surface area contributed by atoms with Gasteiger partial charge in [0.2, 0.25) is 5.91 Å². The van der Waals surface area contributed by atoms with Crippen LogP contribution in [0.25, 0.3) is 0 Å². The highest BCUT2D eigenvalue weighted by molar-refractivity contribution is 7.10. The molecule has 148 valence electrons. The molecule has 1 aromatic rings. The topological polar surface area (TPSA) is 70.2 Å². The van der Waals surface area contributed by atoms with E-state index in [9.17, 15) is 14.4 Å². The largest absolute Gasteiger partial charge is 0.452 e. The lowest BCUT2D eigenvalue weighted by Crippen LogP contribution is -2.51. The van der Waals surface area contributed by atoms with Crippen molar-refractivity contribution in [3.8, 4) is 0 Å². The molecule has 0 unspecified atom stereocenters. The minimum Gasteiger partial charge on any atom is -0.452 e. The third-order valence-corrected chi connectivity index (χ3v) is 6.28. The van der Waals surface area contributed by atoms with Gasteiger partial charge in [-0.2, -0.15) is 0 Å². The molecule has 1 aliphatic carbocycles. The number of ether oxygens (including phenoxy) is 1. The standard InChI is InChI=1S/C19H27N3O4S/c1-20(2)17(23)11-21-7-9-22(10-8-21)18(24)12-26-19(25)15-13-27-16-6-4-3-5-14(15)16/h13H,3-12H2,1-2H3. The maximum Gasteiger partial charge on any atom is 0.339 e. The number of hydrogen-bond donors (Lipinski definition) is 0. The fraction of sp³-hybridized carbons (Fsp3) is 0.632. The van der Waals surface area contributed by atoms with E-state index < -0.39 is 5.97 Å². The summed E-state index contributed by atoms with van der Waals surface area (Å²) >= 11 is 1.62. The number of hydrogen-bond acceptors (Lipinski definition) is 6. The van der Waals surface area contributed by atoms with Crippen molar-refractivity contribution in [3.63, 3.8) is 0 Å². The summed E-state index contributed by atoms with van der Waals surface area (Å²) in [5.41, 5.74) is 1.75. The van der Waals surface area contributed by atoms with Gasteiger partial charge in [-0.3, -0.25) is 14.5 Å². The average molecular weight is 394 g/mol. The number of thiophene rings is 1. The van der Waals surface area contributed by atoms with E-state index in [0.717, 1.165) is 24.8 Å². The van der Waals surface area contributed by atoms with Crippen molar-refractivity contribution in [2.75, 3.05) is 53.4 Å². The van der Waals surface area contributed by atoms with Gasteiger partial charge in [-0.1, -0.05) is 0 Å². The number of carbonyl (C=O) groups excluding carboxylic acids is 3. The Morgan fingerprint density at radius 3 is 2.52 bits per heavy atom. The Bertz CT molecular complexity index is 708. The lowest BCUT2D eigenvalue weighted by Gasteiger charge is -2.34. The van der Waals surface area contributed by atoms with Gasteiger partial charge in [-0.25, -0.2) is 4.79 Å². The summed E-state index contributed by atoms with van der Waals surface area (Å²) in [7, 11) is 3.47. The molecule has 2 heterocycles. The zero-order valence-electron chi connectivity index (χ0n) is 16.0. The second kappa shape index (κ2) is 8.84. The van der Waals surface area contributed by atoms with E-state index in [2.05, 4.69) is 0 Å². The highest BCUT2D eigenvalue weighted by Gasteiger charge is 2.25. The number of carbonyl (C=O) groups is 3. The summed E-state index contributed by atoms with van der Waals surface area (Å²) in [5.74, 6) is -0.508. The van der Waals surface area contributed by atoms with Crippen LogP contribution in [0.1, 0.15) is 33.6 Å². The predicted molar refractivity (Wildman–Crippen MR) is 103 cm³/mol. The fourth-order valence-corrected chi connectivity index (χ4v) is 4.56. The van der Waals surface area contributed by atoms with Gasteiger partial charge in [-0.15, -0.1) is 11.3 Å². The van der Waals surface area contributed by atoms with E-state index >= 15 is 0 Å². The number of aryl methyl sites for hydroxylation is 1. The molecule has 1 aromatic heterocycles. The first-order chi connectivity index (χ1) is 13.0. The van der Waals surface area contributed by atoms with Crippen molar-refractivity contribution in [3.05, 3.63) is 21.4 Å². The molecule has 0 saturated carbocycles. The van der Waals surface area contributed by atoms with Crippen molar-refractivity contribution in [2.24, 2.45) is 0 Å². The van der Waals surface area contributed by atoms with Crippen LogP contribution in [0.15, 0.2) is 5.38 Å². The molecule has 8 heteroatoms. The Morgan fingerprint density at radius 1 is 1.11 bits per heavy atom. The van der Waals surface area contributed by atoms with Crippen molar-refractivity contribution < 1.29 is 19.1 Å². The second-order valence-corrected chi connectivity index (χ2v) is 8.24. The van der Waals surface area contributed by atoms with E-state index in [1.54, 1.807) is 35.2 Å². The van der Waals surface area contributed by atoms with Gasteiger partial charge in [-0.05, 0) is 31.2 Å². The first-order valence-corrected chi connectivity index (χ1v) is 10.3. The van der Waals surface area contributed by atoms with Crippen LogP contribution in [0.4, 0.5) is 0 Å². The van der Waals surface area contributed by atoms with Gasteiger partial charge < -0.3 is 14.5 Å². The number of esters is 1. The number of fused-ring (bicyclic) bond motifs is 1. The van der Waals surface area contributed by atoms with Crippen LogP contribution in [0.2, 0.25) is 0 Å². The Labute approximate surface area is 163 Å². The van der Waals surface area contributed by atoms with Crippen LogP contribution in [0, 0.1) is 0 Å². The summed E-state index contributed by atoms with van der Waals surface area (Å²) in [5, 5.41) is 1.86. The van der Waals surface area contributed by atoms with Gasteiger partial charge in [0.15, 0.2) is 6.61 Å². The van der Waals surface area contributed by atoms with Crippen LogP contribution in [0.3, 0.4) is 0 Å². The minimum absolute atomic E-state index is 0.0581. The number of nitrogens with zero attached hydrogens (tertiary/aromatic N) is 3. The Kier molecular flexibility index (Phi) is 6.49. The summed E-state index contributed by atoms with van der Waals surface area (Å²) in [4.78, 5) is 43.1. The number of rotatable bonds is 5. The number of amides is 2. The highest BCUT2D eigenvalue weighted by Crippen LogP contribution is 2.30. The van der Waals surface area contributed by atoms with E-state index in [1.807, 2.05) is 10.3 Å². The molecule has 2 aliphatic rings. The highest BCUT2D eigenvalue weighted by atomic mass is 32.1. The molecule has 0 N–H and O–H groups in total. The third kappa shape index (κ3) is 4.87. The lowest BCUT2D eigenvalue weighted by molar-refractivity contribution is -0.137. The van der Waals surface area contributed by atoms with Gasteiger partial charge in [0, 0.05) is 50.5 Å². The Hall–Kier alpha value is -1.93. The van der Waals surface area contributed by atoms with Crippen LogP contribution < -0.4 is 0 Å². The average Bonchev–Trinajstić information content (AvgIpc) is 3.10. The molecule has 1 saturated heterocycles. The number of piperazine rings is 1. The molecule has 2 amide bonds. The molecule has 0 radical (unpaired) electrons. The minimum atomic E-state index is -0.391. The maximum atomic E-state index is 12.4. The Morgan fingerprint density at radius 2 is 1.81 bits per heavy atom. The van der Waals surface area contributed by atoms with Crippen molar-refractivity contribution in [2.45, 2.75) is 25.7 Å². The first kappa shape index (κ1) is 19.8. The predicted octanol–water partition coefficient (Wildman–Crippen LogP) is 1.02. The zero-order chi connectivity index (χ0) is 19.4. The fourth-order valence-electron chi connectivity index (χ4n) is 3.45. The van der Waals surface area contributed by atoms with Gasteiger partial charge in [0.1, 0.15) is 0 Å². The summed E-state index contributed by atoms with van der Waals surface area (Å²) in [6.07, 6.45) is 4.23. The summed E-state index contributed by atoms with van der Waals surface area (Å²) in [6, 6.07) is 0. The van der Waals surface area contributed by atoms with E-state index in [1.165, 1.54) is 11.3 Å². The van der Waals surface area contributed by atoms with Crippen LogP contribution >= 0.6 is 11.3 Å². The van der Waals surface area contributed by atoms with E-state index in [0.29, 0.717) is 38.3 Å². The quantitative estimate of drug-likeness (QED) is 0.699. The first-order valence-electron chi connectivity index (χ1n) is 9.42. The normalized spacial score (nSPS) is 17.3.